The lowest BCUT2D eigenvalue weighted by Gasteiger charge is -2.51. The average molecular weight is 433 g/mol. The van der Waals surface area contributed by atoms with Crippen molar-refractivity contribution >= 4 is 21.7 Å². The Kier molecular flexibility index (Phi) is 5.63. The number of hydrogen-bond acceptors (Lipinski definition) is 4. The molecule has 1 aromatic heterocycles. The average Bonchev–Trinajstić information content (AvgIpc) is 2.84. The van der Waals surface area contributed by atoms with Crippen molar-refractivity contribution in [2.75, 3.05) is 20.2 Å². The number of aromatic nitrogens is 1. The molecule has 0 N–H and O–H groups in total. The van der Waals surface area contributed by atoms with Crippen molar-refractivity contribution in [2.45, 2.75) is 29.0 Å². The predicted molar refractivity (Wildman–Crippen MR) is 126 cm³/mol. The Hall–Kier alpha value is -2.50. The fraction of sp³-hybridized carbons (Fsp3) is 0.346. The van der Waals surface area contributed by atoms with Crippen LogP contribution in [0.15, 0.2) is 78.3 Å². The number of piperidine rings is 3. The number of fused-ring (bicyclic) bond motifs is 4. The third-order valence-electron chi connectivity index (χ3n) is 7.00. The molecule has 0 radical (unpaired) electrons. The molecule has 3 fully saturated rings. The van der Waals surface area contributed by atoms with Crippen LogP contribution in [0, 0.1) is 11.8 Å². The van der Waals surface area contributed by atoms with E-state index < -0.39 is 10.8 Å². The molecule has 4 heterocycles. The highest BCUT2D eigenvalue weighted by Gasteiger charge is 2.44. The van der Waals surface area contributed by atoms with E-state index in [1.54, 1.807) is 7.11 Å². The number of methoxy groups -OCH3 is 1. The lowest BCUT2D eigenvalue weighted by molar-refractivity contribution is 0.0177. The molecular weight excluding hydrogens is 404 g/mol. The van der Waals surface area contributed by atoms with Gasteiger partial charge in [-0.05, 0) is 73.2 Å². The molecule has 0 spiro atoms. The summed E-state index contributed by atoms with van der Waals surface area (Å²) in [4.78, 5) is 7.99. The molecule has 0 aliphatic carbocycles. The van der Waals surface area contributed by atoms with Crippen LogP contribution in [0.1, 0.15) is 23.7 Å². The SMILES string of the molecule is C=C[C@H]1CN2CC[C@H]1C[C@@H]2[C@@H](c1ccnc2ccc(OC)cc12)S(=O)c1ccccc1. The zero-order chi connectivity index (χ0) is 21.4. The van der Waals surface area contributed by atoms with Gasteiger partial charge in [0.05, 0.1) is 28.7 Å². The summed E-state index contributed by atoms with van der Waals surface area (Å²) < 4.78 is 19.6. The molecule has 160 valence electrons. The first-order valence-corrected chi connectivity index (χ1v) is 12.2. The summed E-state index contributed by atoms with van der Waals surface area (Å²) in [6, 6.07) is 18.1. The first-order chi connectivity index (χ1) is 15.2. The summed E-state index contributed by atoms with van der Waals surface area (Å²) in [6.45, 7) is 6.14. The molecule has 4 nitrogen and oxygen atoms in total. The summed E-state index contributed by atoms with van der Waals surface area (Å²) in [5, 5.41) is 0.896. The van der Waals surface area contributed by atoms with Gasteiger partial charge in [-0.25, -0.2) is 0 Å². The molecule has 5 heteroatoms. The van der Waals surface area contributed by atoms with Gasteiger partial charge in [0.15, 0.2) is 0 Å². The number of ether oxygens (including phenoxy) is 1. The predicted octanol–water partition coefficient (Wildman–Crippen LogP) is 4.99. The van der Waals surface area contributed by atoms with Gasteiger partial charge in [-0.1, -0.05) is 24.3 Å². The van der Waals surface area contributed by atoms with Crippen LogP contribution in [-0.2, 0) is 10.8 Å². The van der Waals surface area contributed by atoms with Gasteiger partial charge in [0.25, 0.3) is 0 Å². The quantitative estimate of drug-likeness (QED) is 0.515. The van der Waals surface area contributed by atoms with Crippen LogP contribution in [0.25, 0.3) is 10.9 Å². The maximum Gasteiger partial charge on any atom is 0.119 e. The molecule has 3 aliphatic rings. The zero-order valence-electron chi connectivity index (χ0n) is 17.8. The fourth-order valence-corrected chi connectivity index (χ4v) is 7.10. The summed E-state index contributed by atoms with van der Waals surface area (Å²) in [5.74, 6) is 1.94. The van der Waals surface area contributed by atoms with Gasteiger partial charge in [0.2, 0.25) is 0 Å². The Balaban J connectivity index is 1.64. The highest BCUT2D eigenvalue weighted by molar-refractivity contribution is 7.85. The minimum atomic E-state index is -1.19. The van der Waals surface area contributed by atoms with Crippen LogP contribution >= 0.6 is 0 Å². The first kappa shape index (κ1) is 20.4. The van der Waals surface area contributed by atoms with Crippen LogP contribution in [-0.4, -0.2) is 40.3 Å². The maximum atomic E-state index is 14.1. The summed E-state index contributed by atoms with van der Waals surface area (Å²) in [6.07, 6.45) is 6.21. The second kappa shape index (κ2) is 8.56. The van der Waals surface area contributed by atoms with Gasteiger partial charge in [-0.3, -0.25) is 14.1 Å². The van der Waals surface area contributed by atoms with Crippen LogP contribution < -0.4 is 4.74 Å². The third-order valence-corrected chi connectivity index (χ3v) is 8.76. The molecular formula is C26H28N2O2S. The molecule has 3 saturated heterocycles. The van der Waals surface area contributed by atoms with Crippen molar-refractivity contribution in [3.8, 4) is 5.75 Å². The minimum absolute atomic E-state index is 0.131. The largest absolute Gasteiger partial charge is 0.497 e. The van der Waals surface area contributed by atoms with Crippen molar-refractivity contribution in [1.82, 2.24) is 9.88 Å². The van der Waals surface area contributed by atoms with Crippen LogP contribution in [0.2, 0.25) is 0 Å². The van der Waals surface area contributed by atoms with Crippen molar-refractivity contribution < 1.29 is 8.95 Å². The summed E-state index contributed by atoms with van der Waals surface area (Å²) in [7, 11) is 0.493. The van der Waals surface area contributed by atoms with E-state index in [2.05, 4.69) is 28.6 Å². The van der Waals surface area contributed by atoms with Crippen molar-refractivity contribution in [3.63, 3.8) is 0 Å². The molecule has 3 aromatic rings. The van der Waals surface area contributed by atoms with Crippen molar-refractivity contribution in [3.05, 3.63) is 79.0 Å². The van der Waals surface area contributed by atoms with Crippen molar-refractivity contribution in [2.24, 2.45) is 11.8 Å². The normalized spacial score (nSPS) is 27.0. The smallest absolute Gasteiger partial charge is 0.119 e. The van der Waals surface area contributed by atoms with Crippen LogP contribution in [0.5, 0.6) is 5.75 Å². The molecule has 31 heavy (non-hydrogen) atoms. The van der Waals surface area contributed by atoms with Crippen LogP contribution in [0.4, 0.5) is 0 Å². The number of hydrogen-bond donors (Lipinski definition) is 0. The Morgan fingerprint density at radius 1 is 1.23 bits per heavy atom. The van der Waals surface area contributed by atoms with Gasteiger partial charge in [-0.15, -0.1) is 6.58 Å². The Bertz CT molecular complexity index is 1120. The van der Waals surface area contributed by atoms with E-state index in [0.29, 0.717) is 11.8 Å². The Labute approximate surface area is 186 Å². The highest BCUT2D eigenvalue weighted by Crippen LogP contribution is 2.45. The lowest BCUT2D eigenvalue weighted by atomic mass is 9.74. The number of nitrogens with zero attached hydrogens (tertiary/aromatic N) is 2. The summed E-state index contributed by atoms with van der Waals surface area (Å²) >= 11 is 0. The molecule has 0 amide bonds. The van der Waals surface area contributed by atoms with Gasteiger partial charge in [-0.2, -0.15) is 0 Å². The number of benzene rings is 2. The first-order valence-electron chi connectivity index (χ1n) is 10.9. The number of pyridine rings is 1. The molecule has 2 aromatic carbocycles. The Morgan fingerprint density at radius 2 is 2.06 bits per heavy atom. The standard InChI is InChI=1S/C26H28N2O2S/c1-3-18-17-28-14-12-19(18)15-25(28)26(31(29)21-7-5-4-6-8-21)22-11-13-27-24-10-9-20(30-2)16-23(22)24/h3-11,13,16,18-19,25-26H,1,12,14-15,17H2,2H3/t18-,19-,25+,26+,31?/m0/s1. The zero-order valence-corrected chi connectivity index (χ0v) is 18.6. The lowest BCUT2D eigenvalue weighted by Crippen LogP contribution is -2.55. The van der Waals surface area contributed by atoms with E-state index in [0.717, 1.165) is 46.6 Å². The third kappa shape index (κ3) is 3.70. The second-order valence-corrected chi connectivity index (χ2v) is 10.1. The topological polar surface area (TPSA) is 42.4 Å². The number of rotatable bonds is 6. The second-order valence-electron chi connectivity index (χ2n) is 8.56. The summed E-state index contributed by atoms with van der Waals surface area (Å²) in [5.41, 5.74) is 2.01. The van der Waals surface area contributed by atoms with Crippen molar-refractivity contribution in [1.29, 1.82) is 0 Å². The van der Waals surface area contributed by atoms with E-state index in [-0.39, 0.29) is 11.3 Å². The maximum absolute atomic E-state index is 14.1. The molecule has 6 atom stereocenters. The van der Waals surface area contributed by atoms with Gasteiger partial charge in [0.1, 0.15) is 5.75 Å². The molecule has 2 unspecified atom stereocenters. The minimum Gasteiger partial charge on any atom is -0.497 e. The van der Waals surface area contributed by atoms with Gasteiger partial charge >= 0.3 is 0 Å². The van der Waals surface area contributed by atoms with E-state index >= 15 is 0 Å². The monoisotopic (exact) mass is 432 g/mol. The highest BCUT2D eigenvalue weighted by atomic mass is 32.2. The molecule has 0 saturated carbocycles. The van der Waals surface area contributed by atoms with Crippen LogP contribution in [0.3, 0.4) is 0 Å². The molecule has 2 bridgehead atoms. The molecule has 3 aliphatic heterocycles. The van der Waals surface area contributed by atoms with Gasteiger partial charge in [0, 0.05) is 29.1 Å². The Morgan fingerprint density at radius 3 is 2.77 bits per heavy atom. The molecule has 6 rings (SSSR count). The fourth-order valence-electron chi connectivity index (χ4n) is 5.38. The van der Waals surface area contributed by atoms with E-state index in [1.807, 2.05) is 54.7 Å². The van der Waals surface area contributed by atoms with E-state index in [9.17, 15) is 4.21 Å². The van der Waals surface area contributed by atoms with Gasteiger partial charge < -0.3 is 4.74 Å². The van der Waals surface area contributed by atoms with E-state index in [1.165, 1.54) is 6.42 Å². The van der Waals surface area contributed by atoms with E-state index in [4.69, 9.17) is 4.74 Å².